The van der Waals surface area contributed by atoms with Crippen LogP contribution in [0.5, 0.6) is 0 Å². The summed E-state index contributed by atoms with van der Waals surface area (Å²) in [6, 6.07) is 6.21. The first-order valence-corrected chi connectivity index (χ1v) is 18.7. The number of hydrogen-bond acceptors (Lipinski definition) is 9. The molecule has 0 radical (unpaired) electrons. The summed E-state index contributed by atoms with van der Waals surface area (Å²) in [6.45, 7) is 14.6. The monoisotopic (exact) mass is 538 g/mol. The molecule has 2 aromatic rings. The fraction of sp³-hybridized carbons (Fsp3) is 0.792. The molecular weight excluding hydrogens is 492 g/mol. The number of rotatable bonds is 15. The van der Waals surface area contributed by atoms with Gasteiger partial charge in [-0.2, -0.15) is 0 Å². The Labute approximate surface area is 217 Å². The minimum absolute atomic E-state index is 0.0685. The van der Waals surface area contributed by atoms with E-state index >= 15 is 0 Å². The number of aliphatic hydroxyl groups excluding tert-OH is 1. The minimum atomic E-state index is -2.03. The van der Waals surface area contributed by atoms with Gasteiger partial charge in [0.2, 0.25) is 0 Å². The molecule has 1 fully saturated rings. The van der Waals surface area contributed by atoms with Crippen molar-refractivity contribution in [3.8, 4) is 0 Å². The number of nitrogen functional groups attached to an aromatic ring is 1. The molecule has 0 saturated carbocycles. The van der Waals surface area contributed by atoms with Gasteiger partial charge in [-0.1, -0.05) is 41.5 Å². The fourth-order valence-corrected chi connectivity index (χ4v) is 11.0. The summed E-state index contributed by atoms with van der Waals surface area (Å²) in [5, 5.41) is 12.7. The van der Waals surface area contributed by atoms with Crippen molar-refractivity contribution in [2.75, 3.05) is 25.4 Å². The van der Waals surface area contributed by atoms with Gasteiger partial charge in [0.05, 0.1) is 12.9 Å². The van der Waals surface area contributed by atoms with Crippen molar-refractivity contribution < 1.29 is 18.7 Å². The summed E-state index contributed by atoms with van der Waals surface area (Å²) in [6.07, 6.45) is 1.96. The molecule has 0 amide bonds. The number of nitrogens with one attached hydrogen (secondary N) is 1. The summed E-state index contributed by atoms with van der Waals surface area (Å²) in [5.74, 6) is 0.344. The summed E-state index contributed by atoms with van der Waals surface area (Å²) in [4.78, 5) is 13.1. The van der Waals surface area contributed by atoms with Gasteiger partial charge in [-0.25, -0.2) is 15.0 Å². The molecule has 1 saturated heterocycles. The van der Waals surface area contributed by atoms with E-state index in [0.29, 0.717) is 30.1 Å². The number of imidazole rings is 1. The Morgan fingerprint density at radius 1 is 0.944 bits per heavy atom. The average Bonchev–Trinajstić information content (AvgIpc) is 3.48. The van der Waals surface area contributed by atoms with Crippen LogP contribution in [0.2, 0.25) is 36.3 Å². The molecule has 1 aliphatic rings. The highest BCUT2D eigenvalue weighted by Crippen LogP contribution is 2.41. The fourth-order valence-electron chi connectivity index (χ4n) is 5.32. The van der Waals surface area contributed by atoms with E-state index in [2.05, 4.69) is 61.8 Å². The highest BCUT2D eigenvalue weighted by molar-refractivity contribution is 6.74. The topological polar surface area (TPSA) is 130 Å². The third-order valence-corrected chi connectivity index (χ3v) is 17.5. The Morgan fingerprint density at radius 2 is 1.53 bits per heavy atom. The predicted octanol–water partition coefficient (Wildman–Crippen LogP) is 3.67. The molecule has 12 heteroatoms. The van der Waals surface area contributed by atoms with Crippen LogP contribution >= 0.6 is 0 Å². The third kappa shape index (κ3) is 5.84. The minimum Gasteiger partial charge on any atom is -0.408 e. The van der Waals surface area contributed by atoms with E-state index in [4.69, 9.17) is 19.3 Å². The first-order chi connectivity index (χ1) is 17.4. The smallest absolute Gasteiger partial charge is 0.192 e. The lowest BCUT2D eigenvalue weighted by atomic mass is 10.1. The van der Waals surface area contributed by atoms with Crippen LogP contribution in [0.25, 0.3) is 11.2 Å². The van der Waals surface area contributed by atoms with E-state index in [1.165, 1.54) is 6.33 Å². The normalized spacial score (nSPS) is 23.1. The molecule has 0 spiro atoms. The molecule has 3 heterocycles. The van der Waals surface area contributed by atoms with Crippen LogP contribution in [0.1, 0.15) is 47.8 Å². The van der Waals surface area contributed by atoms with Crippen molar-refractivity contribution in [2.24, 2.45) is 0 Å². The molecule has 4 atom stereocenters. The van der Waals surface area contributed by atoms with Gasteiger partial charge in [-0.05, 0) is 36.3 Å². The van der Waals surface area contributed by atoms with E-state index in [0.717, 1.165) is 36.3 Å². The molecule has 4 N–H and O–H groups in total. The number of aliphatic hydroxyl groups is 1. The van der Waals surface area contributed by atoms with E-state index in [1.54, 1.807) is 6.33 Å². The Hall–Kier alpha value is -1.42. The molecule has 0 aromatic carbocycles. The van der Waals surface area contributed by atoms with Gasteiger partial charge in [-0.15, -0.1) is 0 Å². The van der Waals surface area contributed by atoms with Crippen LogP contribution in [0, 0.1) is 0 Å². The second-order valence-electron chi connectivity index (χ2n) is 9.73. The Kier molecular flexibility index (Phi) is 10.4. The van der Waals surface area contributed by atoms with Gasteiger partial charge in [0.15, 0.2) is 34.3 Å². The number of nitrogens with two attached hydrogens (primary N) is 1. The van der Waals surface area contributed by atoms with Crippen molar-refractivity contribution in [1.82, 2.24) is 24.8 Å². The zero-order valence-electron chi connectivity index (χ0n) is 22.9. The summed E-state index contributed by atoms with van der Waals surface area (Å²) >= 11 is 0. The second-order valence-corrected chi connectivity index (χ2v) is 19.2. The third-order valence-electron chi connectivity index (χ3n) is 8.22. The largest absolute Gasteiger partial charge is 0.408 e. The van der Waals surface area contributed by atoms with Gasteiger partial charge in [0.1, 0.15) is 30.2 Å². The van der Waals surface area contributed by atoms with Gasteiger partial charge in [-0.3, -0.25) is 4.57 Å². The number of fused-ring (bicyclic) bond motifs is 1. The molecule has 1 aliphatic heterocycles. The molecule has 1 unspecified atom stereocenters. The first-order valence-electron chi connectivity index (χ1n) is 13.6. The maximum absolute atomic E-state index is 9.37. The van der Waals surface area contributed by atoms with Crippen molar-refractivity contribution >= 4 is 33.6 Å². The molecule has 36 heavy (non-hydrogen) atoms. The van der Waals surface area contributed by atoms with Crippen LogP contribution in [0.15, 0.2) is 12.7 Å². The average molecular weight is 539 g/mol. The highest BCUT2D eigenvalue weighted by Gasteiger charge is 2.52. The second kappa shape index (κ2) is 12.9. The Balaban J connectivity index is 2.10. The molecule has 0 bridgehead atoms. The summed E-state index contributed by atoms with van der Waals surface area (Å²) < 4.78 is 23.1. The van der Waals surface area contributed by atoms with Crippen LogP contribution in [-0.4, -0.2) is 79.3 Å². The van der Waals surface area contributed by atoms with Crippen LogP contribution in [0.4, 0.5) is 5.82 Å². The Bertz CT molecular complexity index is 939. The molecular formula is C24H46N6O4Si2. The number of anilines is 1. The van der Waals surface area contributed by atoms with E-state index in [1.807, 2.05) is 4.57 Å². The number of nitrogens with zero attached hydrogens (tertiary/aromatic N) is 4. The molecule has 3 rings (SSSR count). The van der Waals surface area contributed by atoms with Crippen molar-refractivity contribution in [1.29, 1.82) is 0 Å². The van der Waals surface area contributed by atoms with Crippen molar-refractivity contribution in [2.45, 2.75) is 102 Å². The van der Waals surface area contributed by atoms with E-state index in [9.17, 15) is 5.11 Å². The van der Waals surface area contributed by atoms with Crippen LogP contribution in [-0.2, 0) is 13.6 Å². The van der Waals surface area contributed by atoms with Crippen LogP contribution in [0.3, 0.4) is 0 Å². The number of ether oxygens (including phenoxy) is 1. The lowest BCUT2D eigenvalue weighted by molar-refractivity contribution is -0.0306. The van der Waals surface area contributed by atoms with Crippen molar-refractivity contribution in [3.63, 3.8) is 0 Å². The van der Waals surface area contributed by atoms with Crippen molar-refractivity contribution in [3.05, 3.63) is 12.7 Å². The number of hydrogen-bond donors (Lipinski definition) is 3. The lowest BCUT2D eigenvalue weighted by Gasteiger charge is -2.39. The standard InChI is InChI=1S/C24H46N6O4Si2/c1-7-35(8-2,9-3)33-20-18(15-26-13-14-31)32-24(21(20)34-36(10-4,11-5)12-6)30-17-29-19-22(25)27-16-28-23(19)30/h16-18,20-21,24,26,31H,7-15H2,1-6H3,(H2,25,27,28)/t18-,20?,21+,24-/m1/s1. The van der Waals surface area contributed by atoms with Gasteiger partial charge in [0.25, 0.3) is 0 Å². The van der Waals surface area contributed by atoms with Gasteiger partial charge in [0, 0.05) is 13.1 Å². The SMILES string of the molecule is CC[Si](CC)(CC)OC1[C@@H](CNCCO)O[C@@H](n2cnc3c(N)ncnc32)[C@H]1O[Si](CC)(CC)CC. The van der Waals surface area contributed by atoms with Crippen LogP contribution < -0.4 is 11.1 Å². The molecule has 2 aromatic heterocycles. The maximum Gasteiger partial charge on any atom is 0.192 e. The van der Waals surface area contributed by atoms with E-state index < -0.39 is 22.9 Å². The highest BCUT2D eigenvalue weighted by atomic mass is 28.4. The summed E-state index contributed by atoms with van der Waals surface area (Å²) in [7, 11) is -4.02. The van der Waals surface area contributed by atoms with Gasteiger partial charge < -0.3 is 29.7 Å². The first kappa shape index (κ1) is 29.1. The lowest BCUT2D eigenvalue weighted by Crippen LogP contribution is -2.52. The zero-order valence-corrected chi connectivity index (χ0v) is 24.9. The molecule has 0 aliphatic carbocycles. The molecule has 204 valence electrons. The number of aromatic nitrogens is 4. The maximum atomic E-state index is 9.37. The molecule has 10 nitrogen and oxygen atoms in total. The summed E-state index contributed by atoms with van der Waals surface area (Å²) in [5.41, 5.74) is 7.29. The quantitative estimate of drug-likeness (QED) is 0.230. The predicted molar refractivity (Wildman–Crippen MR) is 148 cm³/mol. The zero-order chi connectivity index (χ0) is 26.3. The Morgan fingerprint density at radius 3 is 2.08 bits per heavy atom. The van der Waals surface area contributed by atoms with Gasteiger partial charge >= 0.3 is 0 Å². The van der Waals surface area contributed by atoms with E-state index in [-0.39, 0.29) is 24.9 Å².